The molecule has 22 nitrogen and oxygen atoms in total. The number of ether oxygens (including phenoxy) is 12. The van der Waals surface area contributed by atoms with Gasteiger partial charge < -0.3 is 66.8 Å². The minimum Gasteiger partial charge on any atom is -0.481 e. The van der Waals surface area contributed by atoms with E-state index in [9.17, 15) is 9.59 Å². The summed E-state index contributed by atoms with van der Waals surface area (Å²) in [6.45, 7) is 9.93. The second kappa shape index (κ2) is 44.5. The van der Waals surface area contributed by atoms with Gasteiger partial charge in [0.1, 0.15) is 0 Å². The Balaban J connectivity index is 4.11. The molecule has 0 aromatic rings. The predicted octanol–water partition coefficient (Wildman–Crippen LogP) is 1.50. The summed E-state index contributed by atoms with van der Waals surface area (Å²) in [5.41, 5.74) is 16.4. The van der Waals surface area contributed by atoms with E-state index in [2.05, 4.69) is 20.1 Å². The highest BCUT2D eigenvalue weighted by molar-refractivity contribution is 5.76. The van der Waals surface area contributed by atoms with Crippen molar-refractivity contribution in [2.45, 2.75) is 12.8 Å². The van der Waals surface area contributed by atoms with E-state index in [4.69, 9.17) is 73.0 Å². The van der Waals surface area contributed by atoms with Crippen LogP contribution < -0.4 is 0 Å². The number of azide groups is 2. The van der Waals surface area contributed by atoms with E-state index in [1.807, 2.05) is 0 Å². The van der Waals surface area contributed by atoms with Crippen LogP contribution in [0.2, 0.25) is 0 Å². The first kappa shape index (κ1) is 51.1. The van der Waals surface area contributed by atoms with Gasteiger partial charge in [-0.15, -0.1) is 0 Å². The Labute approximate surface area is 317 Å². The lowest BCUT2D eigenvalue weighted by molar-refractivity contribution is -0.138. The first-order valence-corrected chi connectivity index (χ1v) is 18.1. The third-order valence-electron chi connectivity index (χ3n) is 6.43. The molecule has 0 atom stereocenters. The molecule has 314 valence electrons. The molecule has 1 N–H and O–H groups in total. The SMILES string of the molecule is [N-]=[N+]=NCCOCCOCCOCCOCCN(CCOCCOCCOCCOCCN=[N+]=[N-])C(=O)CCOCCOCCOCCOCCC(=O)O. The zero-order valence-electron chi connectivity index (χ0n) is 31.5. The Morgan fingerprint density at radius 1 is 0.407 bits per heavy atom. The molecule has 54 heavy (non-hydrogen) atoms. The average molecular weight is 784 g/mol. The molecule has 0 aliphatic carbocycles. The van der Waals surface area contributed by atoms with Gasteiger partial charge in [-0.25, -0.2) is 0 Å². The van der Waals surface area contributed by atoms with Crippen LogP contribution in [0.1, 0.15) is 12.8 Å². The Hall–Kier alpha value is -2.92. The second-order valence-electron chi connectivity index (χ2n) is 10.5. The second-order valence-corrected chi connectivity index (χ2v) is 10.5. The van der Waals surface area contributed by atoms with Gasteiger partial charge >= 0.3 is 5.97 Å². The minimum atomic E-state index is -0.903. The topological polar surface area (TPSA) is 266 Å². The van der Waals surface area contributed by atoms with Crippen molar-refractivity contribution < 1.29 is 71.5 Å². The highest BCUT2D eigenvalue weighted by Crippen LogP contribution is 1.98. The molecule has 0 aliphatic rings. The molecule has 0 saturated carbocycles. The number of carbonyl (C=O) groups excluding carboxylic acids is 1. The van der Waals surface area contributed by atoms with E-state index < -0.39 is 5.97 Å². The predicted molar refractivity (Wildman–Crippen MR) is 191 cm³/mol. The first-order chi connectivity index (χ1) is 26.6. The van der Waals surface area contributed by atoms with Crippen LogP contribution >= 0.6 is 0 Å². The maximum Gasteiger partial charge on any atom is 0.305 e. The molecule has 0 spiro atoms. The summed E-state index contributed by atoms with van der Waals surface area (Å²) in [6, 6.07) is 0. The molecule has 0 aromatic carbocycles. The lowest BCUT2D eigenvalue weighted by atomic mass is 10.3. The molecule has 1 amide bonds. The molecule has 0 aromatic heterocycles. The van der Waals surface area contributed by atoms with Crippen molar-refractivity contribution in [2.24, 2.45) is 10.2 Å². The number of carboxylic acids is 1. The smallest absolute Gasteiger partial charge is 0.305 e. The van der Waals surface area contributed by atoms with Gasteiger partial charge in [0.2, 0.25) is 5.91 Å². The fourth-order valence-electron chi connectivity index (χ4n) is 3.77. The molecule has 0 radical (unpaired) electrons. The van der Waals surface area contributed by atoms with Gasteiger partial charge in [0.25, 0.3) is 0 Å². The lowest BCUT2D eigenvalue weighted by Gasteiger charge is -2.23. The van der Waals surface area contributed by atoms with Crippen molar-refractivity contribution in [3.05, 3.63) is 20.9 Å². The van der Waals surface area contributed by atoms with Crippen molar-refractivity contribution in [1.29, 1.82) is 0 Å². The van der Waals surface area contributed by atoms with E-state index in [0.717, 1.165) is 0 Å². The fourth-order valence-corrected chi connectivity index (χ4v) is 3.77. The summed E-state index contributed by atoms with van der Waals surface area (Å²) in [7, 11) is 0. The number of hydrogen-bond donors (Lipinski definition) is 1. The highest BCUT2D eigenvalue weighted by Gasteiger charge is 2.13. The van der Waals surface area contributed by atoms with Gasteiger partial charge in [0, 0.05) is 36.0 Å². The fraction of sp³-hybridized carbons (Fsp3) is 0.938. The largest absolute Gasteiger partial charge is 0.481 e. The number of amides is 1. The van der Waals surface area contributed by atoms with Crippen LogP contribution in [-0.4, -0.2) is 207 Å². The van der Waals surface area contributed by atoms with Crippen LogP contribution in [0.25, 0.3) is 20.9 Å². The van der Waals surface area contributed by atoms with Gasteiger partial charge in [-0.2, -0.15) is 0 Å². The van der Waals surface area contributed by atoms with Crippen LogP contribution in [0, 0.1) is 0 Å². The third kappa shape index (κ3) is 41.8. The Bertz CT molecular complexity index is 902. The number of rotatable bonds is 45. The van der Waals surface area contributed by atoms with Crippen molar-refractivity contribution in [3.63, 3.8) is 0 Å². The molecule has 0 aliphatic heterocycles. The van der Waals surface area contributed by atoms with Crippen molar-refractivity contribution in [2.75, 3.05) is 185 Å². The molecular formula is C32H61N7O15. The Kier molecular flexibility index (Phi) is 42.1. The van der Waals surface area contributed by atoms with Crippen molar-refractivity contribution >= 4 is 11.9 Å². The average Bonchev–Trinajstić information content (AvgIpc) is 3.16. The number of aliphatic carboxylic acids is 1. The number of carbonyl (C=O) groups is 2. The normalized spacial score (nSPS) is 11.0. The molecule has 22 heteroatoms. The summed E-state index contributed by atoms with van der Waals surface area (Å²) in [6.07, 6.45) is 0.151. The van der Waals surface area contributed by atoms with Crippen LogP contribution in [0.4, 0.5) is 0 Å². The zero-order valence-corrected chi connectivity index (χ0v) is 31.5. The molecule has 0 unspecified atom stereocenters. The van der Waals surface area contributed by atoms with E-state index in [-0.39, 0.29) is 45.1 Å². The van der Waals surface area contributed by atoms with E-state index in [0.29, 0.717) is 158 Å². The Morgan fingerprint density at radius 2 is 0.667 bits per heavy atom. The minimum absolute atomic E-state index is 0.0385. The van der Waals surface area contributed by atoms with Gasteiger partial charge in [0.05, 0.1) is 171 Å². The highest BCUT2D eigenvalue weighted by atomic mass is 16.6. The van der Waals surface area contributed by atoms with Crippen molar-refractivity contribution in [1.82, 2.24) is 4.90 Å². The number of hydrogen-bond acceptors (Lipinski definition) is 16. The Morgan fingerprint density at radius 3 is 0.963 bits per heavy atom. The maximum absolute atomic E-state index is 13.0. The van der Waals surface area contributed by atoms with Gasteiger partial charge in [-0.3, -0.25) is 9.59 Å². The van der Waals surface area contributed by atoms with Gasteiger partial charge in [0.15, 0.2) is 0 Å². The number of carboxylic acid groups (broad SMARTS) is 1. The molecular weight excluding hydrogens is 722 g/mol. The van der Waals surface area contributed by atoms with Crippen molar-refractivity contribution in [3.8, 4) is 0 Å². The monoisotopic (exact) mass is 783 g/mol. The van der Waals surface area contributed by atoms with Crippen LogP contribution in [-0.2, 0) is 66.4 Å². The summed E-state index contributed by atoms with van der Waals surface area (Å²) in [4.78, 5) is 30.3. The summed E-state index contributed by atoms with van der Waals surface area (Å²) >= 11 is 0. The summed E-state index contributed by atoms with van der Waals surface area (Å²) in [5, 5.41) is 15.3. The molecule has 0 bridgehead atoms. The first-order valence-electron chi connectivity index (χ1n) is 18.1. The van der Waals surface area contributed by atoms with Gasteiger partial charge in [-0.05, 0) is 11.1 Å². The standard InChI is InChI=1S/C32H61N7O15/c33-37-35-3-9-45-15-21-51-27-29-53-23-17-47-11-5-39(6-12-48-18-24-54-30-28-52-22-16-46-10-4-36-38-34)31(40)1-7-43-13-19-49-25-26-50-20-14-44-8-2-32(41)42/h1-30H2,(H,41,42). The molecule has 0 heterocycles. The molecule has 0 rings (SSSR count). The van der Waals surface area contributed by atoms with E-state index in [1.54, 1.807) is 4.90 Å². The number of nitrogens with zero attached hydrogens (tertiary/aromatic N) is 7. The zero-order chi connectivity index (χ0) is 39.3. The van der Waals surface area contributed by atoms with Crippen LogP contribution in [0.5, 0.6) is 0 Å². The van der Waals surface area contributed by atoms with Crippen LogP contribution in [0.3, 0.4) is 0 Å². The lowest BCUT2D eigenvalue weighted by Crippen LogP contribution is -2.37. The summed E-state index contributed by atoms with van der Waals surface area (Å²) < 4.78 is 65.2. The van der Waals surface area contributed by atoms with E-state index in [1.165, 1.54) is 0 Å². The van der Waals surface area contributed by atoms with Gasteiger partial charge in [-0.1, -0.05) is 10.2 Å². The maximum atomic E-state index is 13.0. The van der Waals surface area contributed by atoms with E-state index >= 15 is 0 Å². The third-order valence-corrected chi connectivity index (χ3v) is 6.43. The molecule has 0 fully saturated rings. The molecule has 0 saturated heterocycles. The summed E-state index contributed by atoms with van der Waals surface area (Å²) in [5.74, 6) is -0.993. The van der Waals surface area contributed by atoms with Crippen LogP contribution in [0.15, 0.2) is 10.2 Å². The quantitative estimate of drug-likeness (QED) is 0.0397.